The molecule has 4 rings (SSSR count). The van der Waals surface area contributed by atoms with Gasteiger partial charge < -0.3 is 23.8 Å². The van der Waals surface area contributed by atoms with Gasteiger partial charge in [0, 0.05) is 19.0 Å². The van der Waals surface area contributed by atoms with E-state index in [0.717, 1.165) is 5.56 Å². The summed E-state index contributed by atoms with van der Waals surface area (Å²) in [4.78, 5) is 31.3. The predicted octanol–water partition coefficient (Wildman–Crippen LogP) is 3.83. The molecule has 1 N–H and O–H groups in total. The quantitative estimate of drug-likeness (QED) is 0.501. The van der Waals surface area contributed by atoms with Gasteiger partial charge in [-0.25, -0.2) is 0 Å². The van der Waals surface area contributed by atoms with Crippen LogP contribution in [0.3, 0.4) is 0 Å². The highest BCUT2D eigenvalue weighted by Crippen LogP contribution is 2.31. The van der Waals surface area contributed by atoms with E-state index in [1.165, 1.54) is 6.26 Å². The van der Waals surface area contributed by atoms with Gasteiger partial charge in [-0.15, -0.1) is 0 Å². The summed E-state index contributed by atoms with van der Waals surface area (Å²) in [5.74, 6) is 0.409. The largest absolute Gasteiger partial charge is 0.466 e. The van der Waals surface area contributed by atoms with Gasteiger partial charge in [0.15, 0.2) is 5.76 Å². The van der Waals surface area contributed by atoms with Gasteiger partial charge in [0.05, 0.1) is 25.3 Å². The lowest BCUT2D eigenvalue weighted by atomic mass is 9.94. The van der Waals surface area contributed by atoms with Crippen LogP contribution in [0.4, 0.5) is 5.88 Å². The molecule has 0 saturated carbocycles. The zero-order valence-corrected chi connectivity index (χ0v) is 18.9. The van der Waals surface area contributed by atoms with Gasteiger partial charge in [0.2, 0.25) is 17.5 Å². The van der Waals surface area contributed by atoms with Crippen molar-refractivity contribution in [2.45, 2.75) is 32.2 Å². The van der Waals surface area contributed by atoms with Gasteiger partial charge in [0.25, 0.3) is 5.89 Å². The number of carbonyl (C=O) groups excluding carboxylic acids is 2. The number of rotatable bonds is 8. The fraction of sp³-hybridized carbons (Fsp3) is 0.360. The number of piperidine rings is 1. The van der Waals surface area contributed by atoms with Crippen LogP contribution in [0.25, 0.3) is 11.7 Å². The number of hydrogen-bond acceptors (Lipinski definition) is 8. The Morgan fingerprint density at radius 2 is 2.00 bits per heavy atom. The zero-order chi connectivity index (χ0) is 23.9. The number of nitriles is 1. The first-order chi connectivity index (χ1) is 16.6. The van der Waals surface area contributed by atoms with E-state index < -0.39 is 6.04 Å². The maximum atomic E-state index is 13.1. The average molecular weight is 463 g/mol. The number of ether oxygens (including phenoxy) is 1. The number of benzene rings is 1. The number of aromatic nitrogens is 1. The highest BCUT2D eigenvalue weighted by Gasteiger charge is 2.31. The molecule has 176 valence electrons. The van der Waals surface area contributed by atoms with E-state index in [1.54, 1.807) is 19.1 Å². The Hall–Kier alpha value is -4.06. The summed E-state index contributed by atoms with van der Waals surface area (Å²) < 4.78 is 16.2. The molecule has 9 nitrogen and oxygen atoms in total. The smallest absolute Gasteiger partial charge is 0.308 e. The van der Waals surface area contributed by atoms with Crippen LogP contribution in [0.5, 0.6) is 0 Å². The van der Waals surface area contributed by atoms with E-state index >= 15 is 0 Å². The molecule has 1 amide bonds. The zero-order valence-electron chi connectivity index (χ0n) is 18.9. The summed E-state index contributed by atoms with van der Waals surface area (Å²) in [5.41, 5.74) is 1.04. The van der Waals surface area contributed by atoms with Crippen LogP contribution < -0.4 is 10.2 Å². The summed E-state index contributed by atoms with van der Waals surface area (Å²) in [7, 11) is 0. The summed E-state index contributed by atoms with van der Waals surface area (Å²) in [5, 5.41) is 12.5. The fourth-order valence-corrected chi connectivity index (χ4v) is 4.06. The molecular weight excluding hydrogens is 436 g/mol. The van der Waals surface area contributed by atoms with Crippen molar-refractivity contribution in [2.24, 2.45) is 5.92 Å². The molecule has 3 aromatic rings. The van der Waals surface area contributed by atoms with Gasteiger partial charge in [-0.05, 0) is 37.5 Å². The lowest BCUT2D eigenvalue weighted by Gasteiger charge is -2.32. The lowest BCUT2D eigenvalue weighted by molar-refractivity contribution is -0.144. The summed E-state index contributed by atoms with van der Waals surface area (Å²) in [6.45, 7) is 3.12. The van der Waals surface area contributed by atoms with E-state index in [1.807, 2.05) is 35.2 Å². The molecule has 0 bridgehead atoms. The van der Waals surface area contributed by atoms with Crippen molar-refractivity contribution in [1.82, 2.24) is 10.3 Å². The number of anilines is 1. The Balaban J connectivity index is 1.40. The summed E-state index contributed by atoms with van der Waals surface area (Å²) in [6, 6.07) is 14.5. The first kappa shape index (κ1) is 23.1. The molecule has 1 aliphatic rings. The molecule has 2 aromatic heterocycles. The standard InChI is InChI=1S/C25H26N4O5/c1-2-32-22(30)15-19(17-7-4-3-5-8-17)27-23(31)18-10-12-29(13-11-18)25-20(16-26)28-24(34-25)21-9-6-14-33-21/h3-9,14,18-19H,2,10-13,15H2,1H3,(H,27,31). The second-order valence-electron chi connectivity index (χ2n) is 8.00. The number of amides is 1. The van der Waals surface area contributed by atoms with Gasteiger partial charge in [0.1, 0.15) is 6.07 Å². The van der Waals surface area contributed by atoms with Crippen LogP contribution in [-0.4, -0.2) is 36.6 Å². The molecule has 1 saturated heterocycles. The topological polar surface area (TPSA) is 122 Å². The lowest BCUT2D eigenvalue weighted by Crippen LogP contribution is -2.42. The Morgan fingerprint density at radius 3 is 2.65 bits per heavy atom. The van der Waals surface area contributed by atoms with E-state index in [2.05, 4.69) is 16.4 Å². The average Bonchev–Trinajstić information content (AvgIpc) is 3.54. The third-order valence-corrected chi connectivity index (χ3v) is 5.79. The normalized spacial score (nSPS) is 14.9. The molecule has 34 heavy (non-hydrogen) atoms. The SMILES string of the molecule is CCOC(=O)CC(NC(=O)C1CCN(c2oc(-c3ccco3)nc2C#N)CC1)c1ccccc1. The maximum Gasteiger partial charge on any atom is 0.308 e. The number of nitrogens with one attached hydrogen (secondary N) is 1. The molecule has 0 radical (unpaired) electrons. The highest BCUT2D eigenvalue weighted by atomic mass is 16.5. The third kappa shape index (κ3) is 5.29. The van der Waals surface area contributed by atoms with Crippen molar-refractivity contribution < 1.29 is 23.2 Å². The number of esters is 1. The molecule has 1 aromatic carbocycles. The summed E-state index contributed by atoms with van der Waals surface area (Å²) in [6.07, 6.45) is 2.74. The minimum atomic E-state index is -0.457. The highest BCUT2D eigenvalue weighted by molar-refractivity contribution is 5.80. The van der Waals surface area contributed by atoms with Gasteiger partial charge in [-0.1, -0.05) is 30.3 Å². The minimum absolute atomic E-state index is 0.0710. The molecule has 9 heteroatoms. The first-order valence-electron chi connectivity index (χ1n) is 11.3. The summed E-state index contributed by atoms with van der Waals surface area (Å²) >= 11 is 0. The maximum absolute atomic E-state index is 13.1. The van der Waals surface area contributed by atoms with Crippen LogP contribution in [0, 0.1) is 17.2 Å². The molecule has 1 atom stereocenters. The predicted molar refractivity (Wildman–Crippen MR) is 122 cm³/mol. The Morgan fingerprint density at radius 1 is 1.24 bits per heavy atom. The van der Waals surface area contributed by atoms with Crippen molar-refractivity contribution in [3.05, 3.63) is 60.0 Å². The van der Waals surface area contributed by atoms with Crippen LogP contribution in [0.2, 0.25) is 0 Å². The van der Waals surface area contributed by atoms with Crippen molar-refractivity contribution in [2.75, 3.05) is 24.6 Å². The van der Waals surface area contributed by atoms with E-state index in [0.29, 0.717) is 44.2 Å². The molecular formula is C25H26N4O5. The van der Waals surface area contributed by atoms with Crippen LogP contribution in [0.15, 0.2) is 57.6 Å². The van der Waals surface area contributed by atoms with Crippen molar-refractivity contribution in [1.29, 1.82) is 5.26 Å². The molecule has 1 aliphatic heterocycles. The number of carbonyl (C=O) groups is 2. The monoisotopic (exact) mass is 462 g/mol. The Kier molecular flexibility index (Phi) is 7.28. The van der Waals surface area contributed by atoms with Crippen molar-refractivity contribution >= 4 is 17.8 Å². The van der Waals surface area contributed by atoms with E-state index in [4.69, 9.17) is 13.6 Å². The van der Waals surface area contributed by atoms with E-state index in [9.17, 15) is 14.9 Å². The fourth-order valence-electron chi connectivity index (χ4n) is 4.06. The molecule has 1 unspecified atom stereocenters. The van der Waals surface area contributed by atoms with Gasteiger partial charge in [-0.2, -0.15) is 10.2 Å². The third-order valence-electron chi connectivity index (χ3n) is 5.79. The number of oxazole rings is 1. The van der Waals surface area contributed by atoms with Crippen molar-refractivity contribution in [3.63, 3.8) is 0 Å². The van der Waals surface area contributed by atoms with Crippen molar-refractivity contribution in [3.8, 4) is 17.7 Å². The van der Waals surface area contributed by atoms with Crippen LogP contribution in [0.1, 0.15) is 43.5 Å². The van der Waals surface area contributed by atoms with Gasteiger partial charge in [-0.3, -0.25) is 9.59 Å². The molecule has 0 aliphatic carbocycles. The van der Waals surface area contributed by atoms with Crippen LogP contribution >= 0.6 is 0 Å². The van der Waals surface area contributed by atoms with Crippen LogP contribution in [-0.2, 0) is 14.3 Å². The molecule has 1 fully saturated rings. The van der Waals surface area contributed by atoms with E-state index in [-0.39, 0.29) is 35.8 Å². The number of hydrogen-bond donors (Lipinski definition) is 1. The number of furan rings is 1. The Labute approximate surface area is 197 Å². The van der Waals surface area contributed by atoms with Gasteiger partial charge >= 0.3 is 5.97 Å². The first-order valence-corrected chi connectivity index (χ1v) is 11.3. The molecule has 3 heterocycles. The number of nitrogens with zero attached hydrogens (tertiary/aromatic N) is 3. The minimum Gasteiger partial charge on any atom is -0.466 e. The molecule has 0 spiro atoms. The second kappa shape index (κ2) is 10.7. The second-order valence-corrected chi connectivity index (χ2v) is 8.00. The Bertz CT molecular complexity index is 1140.